The summed E-state index contributed by atoms with van der Waals surface area (Å²) in [7, 11) is 0. The van der Waals surface area contributed by atoms with Crippen LogP contribution in [0, 0.1) is 17.3 Å². The van der Waals surface area contributed by atoms with Gasteiger partial charge >= 0.3 is 5.97 Å². The van der Waals surface area contributed by atoms with Gasteiger partial charge in [0.05, 0.1) is 6.42 Å². The average Bonchev–Trinajstić information content (AvgIpc) is 2.49. The van der Waals surface area contributed by atoms with Crippen molar-refractivity contribution in [3.63, 3.8) is 0 Å². The van der Waals surface area contributed by atoms with Crippen molar-refractivity contribution in [1.82, 2.24) is 0 Å². The number of hydrogen-bond donors (Lipinski definition) is 0. The van der Waals surface area contributed by atoms with Crippen molar-refractivity contribution in [2.45, 2.75) is 39.2 Å². The predicted molar refractivity (Wildman–Crippen MR) is 54.7 cm³/mol. The van der Waals surface area contributed by atoms with Crippen LogP contribution in [0.4, 0.5) is 0 Å². The Balaban J connectivity index is 2.18. The van der Waals surface area contributed by atoms with E-state index in [1.165, 1.54) is 0 Å². The van der Waals surface area contributed by atoms with E-state index in [2.05, 4.69) is 20.4 Å². The molecule has 0 unspecified atom stereocenters. The maximum Gasteiger partial charge on any atom is 0.306 e. The highest BCUT2D eigenvalue weighted by molar-refractivity contribution is 5.72. The van der Waals surface area contributed by atoms with Crippen molar-refractivity contribution in [2.75, 3.05) is 0 Å². The Labute approximate surface area is 85.3 Å². The largest absolute Gasteiger partial charge is 0.462 e. The van der Waals surface area contributed by atoms with Crippen molar-refractivity contribution in [3.05, 3.63) is 12.7 Å². The summed E-state index contributed by atoms with van der Waals surface area (Å²) in [5.41, 5.74) is 0.296. The lowest BCUT2D eigenvalue weighted by molar-refractivity contribution is -0.141. The van der Waals surface area contributed by atoms with Crippen LogP contribution in [0.5, 0.6) is 0 Å². The van der Waals surface area contributed by atoms with E-state index in [0.717, 1.165) is 12.8 Å². The van der Waals surface area contributed by atoms with E-state index in [9.17, 15) is 4.79 Å². The lowest BCUT2D eigenvalue weighted by atomic mass is 9.76. The zero-order chi connectivity index (χ0) is 10.3. The molecule has 0 bridgehead atoms. The number of rotatable bonds is 2. The molecule has 0 aromatic heterocycles. The zero-order valence-corrected chi connectivity index (χ0v) is 8.95. The van der Waals surface area contributed by atoms with Crippen molar-refractivity contribution in [3.8, 4) is 0 Å². The fourth-order valence-electron chi connectivity index (χ4n) is 3.15. The second-order valence-corrected chi connectivity index (χ2v) is 5.22. The minimum Gasteiger partial charge on any atom is -0.462 e. The van der Waals surface area contributed by atoms with Crippen LogP contribution < -0.4 is 0 Å². The Kier molecular flexibility index (Phi) is 2.17. The summed E-state index contributed by atoms with van der Waals surface area (Å²) in [6, 6.07) is 0. The third kappa shape index (κ3) is 1.37. The highest BCUT2D eigenvalue weighted by Crippen LogP contribution is 2.53. The highest BCUT2D eigenvalue weighted by Gasteiger charge is 2.52. The molecule has 1 saturated carbocycles. The Morgan fingerprint density at radius 2 is 2.36 bits per heavy atom. The van der Waals surface area contributed by atoms with Gasteiger partial charge in [-0.2, -0.15) is 0 Å². The molecule has 2 heteroatoms. The van der Waals surface area contributed by atoms with Gasteiger partial charge < -0.3 is 4.74 Å². The van der Waals surface area contributed by atoms with Crippen LogP contribution >= 0.6 is 0 Å². The lowest BCUT2D eigenvalue weighted by Gasteiger charge is -2.28. The summed E-state index contributed by atoms with van der Waals surface area (Å²) in [6.07, 6.45) is 4.79. The molecule has 1 heterocycles. The van der Waals surface area contributed by atoms with Gasteiger partial charge in [-0.05, 0) is 24.2 Å². The van der Waals surface area contributed by atoms with Crippen LogP contribution in [0.3, 0.4) is 0 Å². The molecule has 2 aliphatic rings. The van der Waals surface area contributed by atoms with Crippen LogP contribution in [0.25, 0.3) is 0 Å². The third-order valence-electron chi connectivity index (χ3n) is 3.83. The number of hydrogen-bond acceptors (Lipinski definition) is 2. The second kappa shape index (κ2) is 3.11. The van der Waals surface area contributed by atoms with Crippen LogP contribution in [-0.2, 0) is 9.53 Å². The summed E-state index contributed by atoms with van der Waals surface area (Å²) >= 11 is 0. The Morgan fingerprint density at radius 1 is 1.64 bits per heavy atom. The van der Waals surface area contributed by atoms with Crippen LogP contribution in [0.2, 0.25) is 0 Å². The van der Waals surface area contributed by atoms with Gasteiger partial charge in [-0.15, -0.1) is 6.58 Å². The maximum atomic E-state index is 11.2. The molecule has 14 heavy (non-hydrogen) atoms. The molecule has 2 rings (SSSR count). The molecule has 0 spiro atoms. The smallest absolute Gasteiger partial charge is 0.306 e. The van der Waals surface area contributed by atoms with Gasteiger partial charge in [0, 0.05) is 5.92 Å². The third-order valence-corrected chi connectivity index (χ3v) is 3.83. The van der Waals surface area contributed by atoms with Crippen LogP contribution in [-0.4, -0.2) is 12.1 Å². The summed E-state index contributed by atoms with van der Waals surface area (Å²) in [5, 5.41) is 0. The van der Waals surface area contributed by atoms with E-state index < -0.39 is 0 Å². The lowest BCUT2D eigenvalue weighted by Crippen LogP contribution is -2.22. The van der Waals surface area contributed by atoms with E-state index in [0.29, 0.717) is 23.7 Å². The highest BCUT2D eigenvalue weighted by atomic mass is 16.6. The standard InChI is InChI=1S/C12H18O2/c1-4-5-9-8-6-11(13)14-10(8)7-12(9,2)3/h4,8-10H,1,5-7H2,2-3H3/t8-,9-,10+/m1/s1. The molecular formula is C12H18O2. The number of esters is 1. The number of ether oxygens (including phenoxy) is 1. The van der Waals surface area contributed by atoms with Gasteiger partial charge in [-0.25, -0.2) is 0 Å². The normalized spacial score (nSPS) is 39.3. The van der Waals surface area contributed by atoms with Crippen molar-refractivity contribution < 1.29 is 9.53 Å². The maximum absolute atomic E-state index is 11.2. The minimum atomic E-state index is -0.00966. The fourth-order valence-corrected chi connectivity index (χ4v) is 3.15. The second-order valence-electron chi connectivity index (χ2n) is 5.22. The molecule has 1 saturated heterocycles. The van der Waals surface area contributed by atoms with Gasteiger partial charge in [0.15, 0.2) is 0 Å². The molecule has 2 fully saturated rings. The molecule has 3 atom stereocenters. The first-order valence-electron chi connectivity index (χ1n) is 5.35. The number of allylic oxidation sites excluding steroid dienone is 1. The fraction of sp³-hybridized carbons (Fsp3) is 0.750. The van der Waals surface area contributed by atoms with Gasteiger partial charge in [0.2, 0.25) is 0 Å². The Morgan fingerprint density at radius 3 is 3.00 bits per heavy atom. The van der Waals surface area contributed by atoms with Gasteiger partial charge in [0.1, 0.15) is 6.10 Å². The molecule has 1 aliphatic carbocycles. The summed E-state index contributed by atoms with van der Waals surface area (Å²) in [6.45, 7) is 8.34. The van der Waals surface area contributed by atoms with Gasteiger partial charge in [-0.1, -0.05) is 19.9 Å². The SMILES string of the molecule is C=CC[C@@H]1[C@H]2CC(=O)O[C@H]2CC1(C)C. The van der Waals surface area contributed by atoms with Gasteiger partial charge in [-0.3, -0.25) is 4.79 Å². The summed E-state index contributed by atoms with van der Waals surface area (Å²) < 4.78 is 5.32. The number of fused-ring (bicyclic) bond motifs is 1. The molecule has 0 aromatic rings. The van der Waals surface area contributed by atoms with Gasteiger partial charge in [0.25, 0.3) is 0 Å². The molecule has 0 aromatic carbocycles. The first-order chi connectivity index (χ1) is 6.54. The van der Waals surface area contributed by atoms with E-state index in [1.54, 1.807) is 0 Å². The van der Waals surface area contributed by atoms with E-state index >= 15 is 0 Å². The number of carbonyl (C=O) groups is 1. The first kappa shape index (κ1) is 9.75. The molecule has 1 aliphatic heterocycles. The Bertz CT molecular complexity index is 267. The van der Waals surface area contributed by atoms with E-state index in [4.69, 9.17) is 4.74 Å². The molecule has 0 amide bonds. The molecule has 0 N–H and O–H groups in total. The van der Waals surface area contributed by atoms with Crippen LogP contribution in [0.15, 0.2) is 12.7 Å². The zero-order valence-electron chi connectivity index (χ0n) is 8.95. The quantitative estimate of drug-likeness (QED) is 0.499. The topological polar surface area (TPSA) is 26.3 Å². The summed E-state index contributed by atoms with van der Waals surface area (Å²) in [5.74, 6) is 0.997. The first-order valence-corrected chi connectivity index (χ1v) is 5.35. The average molecular weight is 194 g/mol. The molecular weight excluding hydrogens is 176 g/mol. The van der Waals surface area contributed by atoms with Crippen molar-refractivity contribution in [2.24, 2.45) is 17.3 Å². The Hall–Kier alpha value is -0.790. The van der Waals surface area contributed by atoms with Crippen molar-refractivity contribution >= 4 is 5.97 Å². The summed E-state index contributed by atoms with van der Waals surface area (Å²) in [4.78, 5) is 11.2. The number of carbonyl (C=O) groups excluding carboxylic acids is 1. The van der Waals surface area contributed by atoms with E-state index in [-0.39, 0.29) is 12.1 Å². The molecule has 2 nitrogen and oxygen atoms in total. The van der Waals surface area contributed by atoms with E-state index in [1.807, 2.05) is 6.08 Å². The van der Waals surface area contributed by atoms with Crippen molar-refractivity contribution in [1.29, 1.82) is 0 Å². The predicted octanol–water partition coefficient (Wildman–Crippen LogP) is 2.54. The molecule has 0 radical (unpaired) electrons. The monoisotopic (exact) mass is 194 g/mol. The van der Waals surface area contributed by atoms with Crippen LogP contribution in [0.1, 0.15) is 33.1 Å². The minimum absolute atomic E-state index is 0.00966. The molecule has 78 valence electrons.